The molecule has 0 fully saturated rings. The number of aryl methyl sites for hydroxylation is 1. The van der Waals surface area contributed by atoms with Gasteiger partial charge in [0.05, 0.1) is 13.2 Å². The summed E-state index contributed by atoms with van der Waals surface area (Å²) in [4.78, 5) is 14.6. The van der Waals surface area contributed by atoms with Crippen LogP contribution in [0.3, 0.4) is 0 Å². The Hall–Kier alpha value is -1.40. The molecule has 1 aromatic rings. The van der Waals surface area contributed by atoms with Crippen molar-refractivity contribution in [3.63, 3.8) is 0 Å². The third-order valence-electron chi connectivity index (χ3n) is 2.09. The van der Waals surface area contributed by atoms with Gasteiger partial charge in [0.25, 0.3) is 0 Å². The molecule has 0 saturated carbocycles. The topological polar surface area (TPSA) is 82.2 Å². The molecule has 0 spiro atoms. The number of rotatable bonds is 8. The van der Waals surface area contributed by atoms with Gasteiger partial charge in [0, 0.05) is 25.5 Å². The lowest BCUT2D eigenvalue weighted by Gasteiger charge is -2.06. The molecule has 0 radical (unpaired) electrons. The fourth-order valence-electron chi connectivity index (χ4n) is 1.31. The van der Waals surface area contributed by atoms with Gasteiger partial charge in [-0.3, -0.25) is 4.79 Å². The Morgan fingerprint density at radius 1 is 1.69 bits per heavy atom. The van der Waals surface area contributed by atoms with Crippen molar-refractivity contribution in [1.29, 1.82) is 0 Å². The first kappa shape index (κ1) is 12.7. The van der Waals surface area contributed by atoms with Gasteiger partial charge in [-0.05, 0) is 6.92 Å². The van der Waals surface area contributed by atoms with Crippen LogP contribution in [0.25, 0.3) is 0 Å². The van der Waals surface area contributed by atoms with Gasteiger partial charge < -0.3 is 20.4 Å². The largest absolute Gasteiger partial charge is 0.370 e. The fraction of sp³-hybridized carbons (Fsp3) is 0.600. The van der Waals surface area contributed by atoms with Gasteiger partial charge in [-0.2, -0.15) is 0 Å². The molecule has 6 heteroatoms. The zero-order chi connectivity index (χ0) is 11.8. The van der Waals surface area contributed by atoms with E-state index in [-0.39, 0.29) is 6.61 Å². The van der Waals surface area contributed by atoms with Crippen molar-refractivity contribution in [2.45, 2.75) is 20.0 Å². The molecule has 0 aliphatic carbocycles. The third-order valence-corrected chi connectivity index (χ3v) is 2.09. The van der Waals surface area contributed by atoms with E-state index in [9.17, 15) is 4.79 Å². The summed E-state index contributed by atoms with van der Waals surface area (Å²) in [6.07, 6.45) is 3.73. The third kappa shape index (κ3) is 4.41. The number of carbonyl (C=O) groups is 1. The standard InChI is InChI=1S/C10H18N4O2/c1-2-14-5-3-13-10(14)7-12-4-6-16-8-9(11)15/h3,5,12H,2,4,6-8H2,1H3,(H2,11,15). The molecule has 1 heterocycles. The number of hydrogen-bond acceptors (Lipinski definition) is 4. The van der Waals surface area contributed by atoms with Gasteiger partial charge in [0.1, 0.15) is 12.4 Å². The SMILES string of the molecule is CCn1ccnc1CNCCOCC(N)=O. The number of nitrogens with one attached hydrogen (secondary N) is 1. The van der Waals surface area contributed by atoms with Crippen molar-refractivity contribution in [2.24, 2.45) is 5.73 Å². The maximum Gasteiger partial charge on any atom is 0.243 e. The summed E-state index contributed by atoms with van der Waals surface area (Å²) < 4.78 is 7.07. The number of primary amides is 1. The summed E-state index contributed by atoms with van der Waals surface area (Å²) in [6.45, 7) is 4.79. The summed E-state index contributed by atoms with van der Waals surface area (Å²) in [5.74, 6) is 0.555. The molecule has 0 aromatic carbocycles. The van der Waals surface area contributed by atoms with Crippen LogP contribution < -0.4 is 11.1 Å². The first-order chi connectivity index (χ1) is 7.74. The summed E-state index contributed by atoms with van der Waals surface area (Å²) in [5, 5.41) is 3.18. The van der Waals surface area contributed by atoms with Crippen LogP contribution in [-0.4, -0.2) is 35.2 Å². The highest BCUT2D eigenvalue weighted by molar-refractivity contribution is 5.74. The smallest absolute Gasteiger partial charge is 0.243 e. The van der Waals surface area contributed by atoms with Crippen LogP contribution in [0, 0.1) is 0 Å². The molecule has 1 amide bonds. The molecule has 16 heavy (non-hydrogen) atoms. The summed E-state index contributed by atoms with van der Waals surface area (Å²) in [7, 11) is 0. The zero-order valence-corrected chi connectivity index (χ0v) is 9.48. The summed E-state index contributed by atoms with van der Waals surface area (Å²) in [6, 6.07) is 0. The number of nitrogens with two attached hydrogens (primary N) is 1. The molecule has 1 aromatic heterocycles. The Bertz CT molecular complexity index is 324. The van der Waals surface area contributed by atoms with Crippen molar-refractivity contribution >= 4 is 5.91 Å². The van der Waals surface area contributed by atoms with E-state index in [1.165, 1.54) is 0 Å². The molecule has 3 N–H and O–H groups in total. The maximum absolute atomic E-state index is 10.4. The Morgan fingerprint density at radius 3 is 3.19 bits per heavy atom. The Balaban J connectivity index is 2.09. The number of aromatic nitrogens is 2. The Kier molecular flexibility index (Phi) is 5.52. The van der Waals surface area contributed by atoms with Gasteiger partial charge in [-0.25, -0.2) is 4.98 Å². The first-order valence-electron chi connectivity index (χ1n) is 5.30. The summed E-state index contributed by atoms with van der Waals surface area (Å²) in [5.41, 5.74) is 4.92. The van der Waals surface area contributed by atoms with E-state index in [4.69, 9.17) is 10.5 Å². The van der Waals surface area contributed by atoms with Gasteiger partial charge in [-0.1, -0.05) is 0 Å². The second-order valence-electron chi connectivity index (χ2n) is 3.33. The van der Waals surface area contributed by atoms with E-state index >= 15 is 0 Å². The van der Waals surface area contributed by atoms with Crippen molar-refractivity contribution < 1.29 is 9.53 Å². The number of amides is 1. The highest BCUT2D eigenvalue weighted by Crippen LogP contribution is 1.95. The molecule has 0 saturated heterocycles. The summed E-state index contributed by atoms with van der Waals surface area (Å²) >= 11 is 0. The van der Waals surface area contributed by atoms with Gasteiger partial charge in [0.2, 0.25) is 5.91 Å². The van der Waals surface area contributed by atoms with Gasteiger partial charge in [-0.15, -0.1) is 0 Å². The van der Waals surface area contributed by atoms with Crippen LogP contribution in [0.4, 0.5) is 0 Å². The Morgan fingerprint density at radius 2 is 2.50 bits per heavy atom. The molecule has 6 nitrogen and oxygen atoms in total. The van der Waals surface area contributed by atoms with Crippen molar-refractivity contribution in [3.05, 3.63) is 18.2 Å². The predicted molar refractivity (Wildman–Crippen MR) is 59.6 cm³/mol. The lowest BCUT2D eigenvalue weighted by Crippen LogP contribution is -2.24. The molecule has 0 atom stereocenters. The van der Waals surface area contributed by atoms with E-state index in [0.717, 1.165) is 12.4 Å². The quantitative estimate of drug-likeness (QED) is 0.585. The second kappa shape index (κ2) is 6.97. The molecule has 1 rings (SSSR count). The number of imidazole rings is 1. The highest BCUT2D eigenvalue weighted by Gasteiger charge is 1.99. The number of nitrogens with zero attached hydrogens (tertiary/aromatic N) is 2. The number of ether oxygens (including phenoxy) is 1. The predicted octanol–water partition coefficient (Wildman–Crippen LogP) is -0.505. The van der Waals surface area contributed by atoms with Crippen molar-refractivity contribution in [3.8, 4) is 0 Å². The minimum absolute atomic E-state index is 0.0226. The second-order valence-corrected chi connectivity index (χ2v) is 3.33. The Labute approximate surface area is 94.8 Å². The van der Waals surface area contributed by atoms with E-state index in [1.807, 2.05) is 6.20 Å². The molecule has 0 aliphatic heterocycles. The van der Waals surface area contributed by atoms with Gasteiger partial charge >= 0.3 is 0 Å². The van der Waals surface area contributed by atoms with Crippen molar-refractivity contribution in [2.75, 3.05) is 19.8 Å². The fourth-order valence-corrected chi connectivity index (χ4v) is 1.31. The number of carbonyl (C=O) groups excluding carboxylic acids is 1. The zero-order valence-electron chi connectivity index (χ0n) is 9.48. The minimum Gasteiger partial charge on any atom is -0.370 e. The average molecular weight is 226 g/mol. The van der Waals surface area contributed by atoms with Crippen LogP contribution in [-0.2, 0) is 22.6 Å². The van der Waals surface area contributed by atoms with E-state index < -0.39 is 5.91 Å². The molecular formula is C10H18N4O2. The van der Waals surface area contributed by atoms with Crippen LogP contribution in [0.5, 0.6) is 0 Å². The minimum atomic E-state index is -0.443. The molecule has 0 bridgehead atoms. The maximum atomic E-state index is 10.4. The van der Waals surface area contributed by atoms with Crippen LogP contribution in [0.1, 0.15) is 12.7 Å². The van der Waals surface area contributed by atoms with Crippen LogP contribution in [0.15, 0.2) is 12.4 Å². The van der Waals surface area contributed by atoms with E-state index in [2.05, 4.69) is 21.8 Å². The molecule has 0 unspecified atom stereocenters. The van der Waals surface area contributed by atoms with Crippen LogP contribution >= 0.6 is 0 Å². The highest BCUT2D eigenvalue weighted by atomic mass is 16.5. The lowest BCUT2D eigenvalue weighted by molar-refractivity contribution is -0.122. The van der Waals surface area contributed by atoms with Crippen molar-refractivity contribution in [1.82, 2.24) is 14.9 Å². The van der Waals surface area contributed by atoms with E-state index in [1.54, 1.807) is 6.20 Å². The normalized spacial score (nSPS) is 10.6. The average Bonchev–Trinajstić information content (AvgIpc) is 2.70. The molecular weight excluding hydrogens is 208 g/mol. The van der Waals surface area contributed by atoms with Crippen LogP contribution in [0.2, 0.25) is 0 Å². The molecule has 90 valence electrons. The monoisotopic (exact) mass is 226 g/mol. The van der Waals surface area contributed by atoms with Gasteiger partial charge in [0.15, 0.2) is 0 Å². The lowest BCUT2D eigenvalue weighted by atomic mass is 10.5. The number of hydrogen-bond donors (Lipinski definition) is 2. The van der Waals surface area contributed by atoms with E-state index in [0.29, 0.717) is 19.7 Å². The first-order valence-corrected chi connectivity index (χ1v) is 5.30. The molecule has 0 aliphatic rings.